The molecule has 24 heteroatoms. The van der Waals surface area contributed by atoms with Crippen LogP contribution < -0.4 is 36.3 Å². The normalized spacial score (nSPS) is 13.7. The zero-order valence-corrected chi connectivity index (χ0v) is 60.7. The van der Waals surface area contributed by atoms with Crippen LogP contribution in [0, 0.1) is 34.0 Å². The van der Waals surface area contributed by atoms with Gasteiger partial charge >= 0.3 is 12.2 Å². The van der Waals surface area contributed by atoms with Gasteiger partial charge in [-0.15, -0.1) is 0 Å². The Kier molecular flexibility index (Phi) is 30.6. The smallest absolute Gasteiger partial charge is 0.407 e. The summed E-state index contributed by atoms with van der Waals surface area (Å²) < 4.78 is 44.5. The molecule has 3 aromatic heterocycles. The quantitative estimate of drug-likeness (QED) is 0.0458. The van der Waals surface area contributed by atoms with Crippen LogP contribution in [-0.4, -0.2) is 111 Å². The van der Waals surface area contributed by atoms with Gasteiger partial charge in [0.25, 0.3) is 0 Å². The Balaban J connectivity index is 0.000000185. The molecule has 0 atom stereocenters. The lowest BCUT2D eigenvalue weighted by molar-refractivity contribution is 0.0252. The predicted molar refractivity (Wildman–Crippen MR) is 405 cm³/mol. The first-order chi connectivity index (χ1) is 50.7. The van der Waals surface area contributed by atoms with Crippen LogP contribution in [0.4, 0.5) is 15.3 Å². The lowest BCUT2D eigenvalue weighted by atomic mass is 10.1. The van der Waals surface area contributed by atoms with Crippen molar-refractivity contribution in [3.8, 4) is 69.2 Å². The number of amides is 2. The van der Waals surface area contributed by atoms with Gasteiger partial charge < -0.3 is 60.0 Å². The minimum absolute atomic E-state index is 0. The second-order valence-electron chi connectivity index (χ2n) is 26.8. The standard InChI is InChI=1S/C29H32N4O4.C24H24N4O2.C16H14ClN3O2.C12H18N2O2.CH4/c1-29(2,3)37-28(34)32-19-21-6-4-20(5-7-21)16-27-31-13-10-25(33-27)22-8-9-26(23(17-22)18-30)36-24-11-14-35-15-12-24;25-15-18-3-1-17(2-4-18)13-24-27-10-7-22(28-24)19-5-6-23(20(14-19)16-26)30-21-8-11-29-12-9-21;17-16-19-6-3-14(20-16)11-1-2-15(12(9-11)10-18)22-13-4-7-21-8-5-13;1-12(2,3)16-11(15)14-8-9-4-6-10(13)7-5-9;/h4-10,13,17,24H,11-12,14-16,19H2,1-3H3,(H,32,34);1-7,10,14,21H,8-9,11-13,15,25H2;1-3,6,9,13H,4-5,7-8H2;4-7H,8,13H2,1-3H3,(H,14,15);1H4. The molecule has 6 heterocycles. The van der Waals surface area contributed by atoms with Crippen LogP contribution in [-0.2, 0) is 56.2 Å². The van der Waals surface area contributed by atoms with E-state index >= 15 is 0 Å². The van der Waals surface area contributed by atoms with Crippen molar-refractivity contribution in [3.63, 3.8) is 0 Å². The number of hydrogen-bond donors (Lipinski definition) is 4. The van der Waals surface area contributed by atoms with Crippen molar-refractivity contribution >= 4 is 29.5 Å². The average molecular weight is 1460 g/mol. The molecule has 3 fully saturated rings. The first-order valence-electron chi connectivity index (χ1n) is 34.8. The maximum atomic E-state index is 11.9. The van der Waals surface area contributed by atoms with Gasteiger partial charge in [0.2, 0.25) is 5.28 Å². The molecule has 0 spiro atoms. The van der Waals surface area contributed by atoms with Crippen LogP contribution in [0.3, 0.4) is 0 Å². The van der Waals surface area contributed by atoms with Crippen molar-refractivity contribution in [3.05, 3.63) is 226 Å². The number of benzene rings is 6. The molecule has 6 N–H and O–H groups in total. The molecule has 0 unspecified atom stereocenters. The second kappa shape index (κ2) is 40.2. The van der Waals surface area contributed by atoms with E-state index in [1.54, 1.807) is 48.9 Å². The van der Waals surface area contributed by atoms with E-state index in [0.29, 0.717) is 123 Å². The van der Waals surface area contributed by atoms with E-state index in [1.807, 2.05) is 145 Å². The highest BCUT2D eigenvalue weighted by molar-refractivity contribution is 6.28. The number of alkyl carbamates (subject to hydrolysis) is 2. The van der Waals surface area contributed by atoms with Gasteiger partial charge in [-0.2, -0.15) is 15.8 Å². The van der Waals surface area contributed by atoms with Crippen LogP contribution >= 0.6 is 11.6 Å². The molecule has 3 saturated heterocycles. The summed E-state index contributed by atoms with van der Waals surface area (Å²) in [7, 11) is 0. The van der Waals surface area contributed by atoms with Crippen molar-refractivity contribution in [1.29, 1.82) is 15.8 Å². The number of anilines is 1. The number of nitrogens with one attached hydrogen (secondary N) is 2. The molecule has 23 nitrogen and oxygen atoms in total. The predicted octanol–water partition coefficient (Wildman–Crippen LogP) is 15.0. The summed E-state index contributed by atoms with van der Waals surface area (Å²) >= 11 is 5.80. The number of hydrogen-bond acceptors (Lipinski definition) is 21. The molecule has 106 heavy (non-hydrogen) atoms. The Bertz CT molecular complexity index is 4440. The molecule has 0 aliphatic carbocycles. The van der Waals surface area contributed by atoms with Crippen LogP contribution in [0.5, 0.6) is 17.2 Å². The molecule has 12 rings (SSSR count). The number of rotatable bonds is 18. The Hall–Kier alpha value is -11.1. The number of nitriles is 3. The van der Waals surface area contributed by atoms with E-state index in [4.69, 9.17) is 70.9 Å². The minimum atomic E-state index is -0.529. The molecule has 9 aromatic rings. The average Bonchev–Trinajstić information content (AvgIpc) is 0.840. The molecule has 2 amide bonds. The first kappa shape index (κ1) is 80.6. The van der Waals surface area contributed by atoms with Gasteiger partial charge in [-0.3, -0.25) is 0 Å². The van der Waals surface area contributed by atoms with Crippen LogP contribution in [0.25, 0.3) is 33.8 Å². The summed E-state index contributed by atoms with van der Waals surface area (Å²) in [6.45, 7) is 16.5. The lowest BCUT2D eigenvalue weighted by Gasteiger charge is -2.23. The number of ether oxygens (including phenoxy) is 8. The number of nitrogen functional groups attached to an aromatic ring is 1. The van der Waals surface area contributed by atoms with Gasteiger partial charge in [-0.05, 0) is 166 Å². The van der Waals surface area contributed by atoms with E-state index < -0.39 is 23.4 Å². The Morgan fingerprint density at radius 1 is 0.472 bits per heavy atom. The summed E-state index contributed by atoms with van der Waals surface area (Å²) in [5.41, 5.74) is 22.4. The number of halogens is 1. The second-order valence-corrected chi connectivity index (χ2v) is 27.2. The number of carbonyl (C=O) groups is 2. The molecule has 552 valence electrons. The van der Waals surface area contributed by atoms with Crippen molar-refractivity contribution in [2.75, 3.05) is 45.4 Å². The highest BCUT2D eigenvalue weighted by atomic mass is 35.5. The fourth-order valence-corrected chi connectivity index (χ4v) is 11.0. The summed E-state index contributed by atoms with van der Waals surface area (Å²) in [5.74, 6) is 3.21. The minimum Gasteiger partial charge on any atom is -0.489 e. The maximum Gasteiger partial charge on any atom is 0.407 e. The van der Waals surface area contributed by atoms with Crippen molar-refractivity contribution in [1.82, 2.24) is 40.5 Å². The van der Waals surface area contributed by atoms with Crippen molar-refractivity contribution in [2.24, 2.45) is 5.73 Å². The van der Waals surface area contributed by atoms with Crippen LogP contribution in [0.1, 0.15) is 144 Å². The van der Waals surface area contributed by atoms with Crippen LogP contribution in [0.2, 0.25) is 5.28 Å². The van der Waals surface area contributed by atoms with Gasteiger partial charge in [0.05, 0.1) is 73.4 Å². The largest absolute Gasteiger partial charge is 0.489 e. The topological polar surface area (TPSA) is 333 Å². The van der Waals surface area contributed by atoms with Crippen LogP contribution in [0.15, 0.2) is 164 Å². The van der Waals surface area contributed by atoms with Crippen molar-refractivity contribution < 1.29 is 47.5 Å². The van der Waals surface area contributed by atoms with E-state index in [-0.39, 0.29) is 31.0 Å². The number of nitrogens with zero attached hydrogens (tertiary/aromatic N) is 9. The molecular weight excluding hydrogens is 1360 g/mol. The van der Waals surface area contributed by atoms with E-state index in [1.165, 1.54) is 0 Å². The van der Waals surface area contributed by atoms with Crippen molar-refractivity contribution in [2.45, 2.75) is 149 Å². The lowest BCUT2D eigenvalue weighted by Crippen LogP contribution is -2.32. The summed E-state index contributed by atoms with van der Waals surface area (Å²) in [6.07, 6.45) is 10.7. The number of nitrogens with two attached hydrogens (primary N) is 2. The van der Waals surface area contributed by atoms with Gasteiger partial charge in [0.1, 0.15) is 76.6 Å². The van der Waals surface area contributed by atoms with Gasteiger partial charge in [0, 0.05) is 112 Å². The van der Waals surface area contributed by atoms with E-state index in [9.17, 15) is 25.4 Å². The number of aromatic nitrogens is 6. The molecular formula is C82H92ClN13O10. The number of carbonyl (C=O) groups excluding carboxylic acids is 2. The Morgan fingerprint density at radius 2 is 0.792 bits per heavy atom. The molecule has 6 aromatic carbocycles. The van der Waals surface area contributed by atoms with Gasteiger partial charge in [-0.1, -0.05) is 68.1 Å². The zero-order chi connectivity index (χ0) is 74.6. The summed E-state index contributed by atoms with van der Waals surface area (Å²) in [5, 5.41) is 34.3. The maximum absolute atomic E-state index is 11.9. The van der Waals surface area contributed by atoms with Gasteiger partial charge in [-0.25, -0.2) is 39.5 Å². The highest BCUT2D eigenvalue weighted by Crippen LogP contribution is 2.32. The molecule has 0 bridgehead atoms. The third kappa shape index (κ3) is 26.6. The third-order valence-electron chi connectivity index (χ3n) is 16.3. The Labute approximate surface area is 625 Å². The Morgan fingerprint density at radius 3 is 1.12 bits per heavy atom. The van der Waals surface area contributed by atoms with E-state index in [2.05, 4.69) is 60.9 Å². The fraction of sp³-hybridized carbons (Fsp3) is 0.354. The fourth-order valence-electron chi connectivity index (χ4n) is 10.9. The van der Waals surface area contributed by atoms with Gasteiger partial charge in [0.15, 0.2) is 0 Å². The monoisotopic (exact) mass is 1450 g/mol. The highest BCUT2D eigenvalue weighted by Gasteiger charge is 2.23. The first-order valence-corrected chi connectivity index (χ1v) is 35.2. The summed E-state index contributed by atoms with van der Waals surface area (Å²) in [6, 6.07) is 52.2. The third-order valence-corrected chi connectivity index (χ3v) is 16.4. The zero-order valence-electron chi connectivity index (χ0n) is 60.0. The molecule has 0 radical (unpaired) electrons. The summed E-state index contributed by atoms with van der Waals surface area (Å²) in [4.78, 5) is 49.5. The molecule has 3 aliphatic heterocycles. The molecule has 3 aliphatic rings. The van der Waals surface area contributed by atoms with E-state index in [0.717, 1.165) is 100 Å². The molecule has 0 saturated carbocycles. The SMILES string of the molecule is C.CC(C)(C)OC(=O)NCc1ccc(Cc2nccc(-c3ccc(OC4CCOCC4)c(C#N)c3)n2)cc1.CC(C)(C)OC(=O)NCc1ccc(N)cc1.N#Cc1cc(-c2ccnc(Cc3ccc(CN)cc3)n2)ccc1OC1CCOCC1.N#Cc1cc(-c2ccnc(Cl)n2)ccc1OC1CCOCC1.